The largest absolute Gasteiger partial charge is 0.455 e. The average Bonchev–Trinajstić information content (AvgIpc) is 3.11. The van der Waals surface area contributed by atoms with Crippen LogP contribution in [-0.2, 0) is 11.3 Å². The average molecular weight is 358 g/mol. The van der Waals surface area contributed by atoms with Crippen molar-refractivity contribution in [1.29, 1.82) is 0 Å². The van der Waals surface area contributed by atoms with Crippen LogP contribution in [0.4, 0.5) is 5.69 Å². The van der Waals surface area contributed by atoms with Crippen LogP contribution in [0.15, 0.2) is 65.1 Å². The molecule has 2 aromatic carbocycles. The second kappa shape index (κ2) is 7.19. The molecule has 3 rings (SSSR count). The molecule has 3 aromatic rings. The third kappa shape index (κ3) is 4.05. The lowest BCUT2D eigenvalue weighted by Crippen LogP contribution is -2.03. The van der Waals surface area contributed by atoms with Gasteiger partial charge in [0, 0.05) is 22.7 Å². The summed E-state index contributed by atoms with van der Waals surface area (Å²) in [4.78, 5) is 22.2. The molecule has 0 aliphatic rings. The minimum Gasteiger partial charge on any atom is -0.455 e. The molecule has 0 aliphatic heterocycles. The molecule has 0 amide bonds. The van der Waals surface area contributed by atoms with E-state index in [4.69, 9.17) is 20.8 Å². The van der Waals surface area contributed by atoms with E-state index in [1.54, 1.807) is 42.5 Å². The number of furan rings is 1. The first-order valence-electron chi connectivity index (χ1n) is 7.29. The summed E-state index contributed by atoms with van der Waals surface area (Å²) >= 11 is 5.80. The van der Waals surface area contributed by atoms with E-state index in [0.717, 1.165) is 5.56 Å². The fourth-order valence-corrected chi connectivity index (χ4v) is 2.28. The predicted molar refractivity (Wildman–Crippen MR) is 91.4 cm³/mol. The van der Waals surface area contributed by atoms with Gasteiger partial charge < -0.3 is 9.15 Å². The predicted octanol–water partition coefficient (Wildman–Crippen LogP) is 4.87. The molecule has 0 saturated heterocycles. The first kappa shape index (κ1) is 16.7. The van der Waals surface area contributed by atoms with Gasteiger partial charge in [-0.2, -0.15) is 0 Å². The Balaban J connectivity index is 1.66. The molecule has 0 atom stereocenters. The van der Waals surface area contributed by atoms with Crippen LogP contribution in [0.5, 0.6) is 0 Å². The quantitative estimate of drug-likeness (QED) is 0.369. The number of hydrogen-bond donors (Lipinski definition) is 0. The lowest BCUT2D eigenvalue weighted by Gasteiger charge is -2.03. The standard InChI is InChI=1S/C18H12ClNO5/c19-14-5-1-12(2-6-14)11-24-18(21)17-10-9-16(25-17)13-3-7-15(8-4-13)20(22)23/h1-10H,11H2. The monoisotopic (exact) mass is 357 g/mol. The molecule has 7 heteroatoms. The van der Waals surface area contributed by atoms with Gasteiger partial charge in [0.25, 0.3) is 5.69 Å². The third-order valence-electron chi connectivity index (χ3n) is 3.45. The third-order valence-corrected chi connectivity index (χ3v) is 3.70. The Morgan fingerprint density at radius 3 is 2.36 bits per heavy atom. The molecule has 126 valence electrons. The molecular formula is C18H12ClNO5. The number of carbonyl (C=O) groups excluding carboxylic acids is 1. The van der Waals surface area contributed by atoms with Crippen LogP contribution < -0.4 is 0 Å². The van der Waals surface area contributed by atoms with Gasteiger partial charge in [0.15, 0.2) is 0 Å². The summed E-state index contributed by atoms with van der Waals surface area (Å²) in [6, 6.07) is 15.9. The summed E-state index contributed by atoms with van der Waals surface area (Å²) in [5, 5.41) is 11.3. The van der Waals surface area contributed by atoms with E-state index in [0.29, 0.717) is 16.3 Å². The van der Waals surface area contributed by atoms with Gasteiger partial charge in [0.05, 0.1) is 4.92 Å². The molecule has 25 heavy (non-hydrogen) atoms. The van der Waals surface area contributed by atoms with Gasteiger partial charge in [-0.25, -0.2) is 4.79 Å². The number of non-ortho nitro benzene ring substituents is 1. The zero-order valence-electron chi connectivity index (χ0n) is 12.8. The van der Waals surface area contributed by atoms with Crippen LogP contribution in [0.1, 0.15) is 16.1 Å². The summed E-state index contributed by atoms with van der Waals surface area (Å²) < 4.78 is 10.7. The van der Waals surface area contributed by atoms with Crippen molar-refractivity contribution < 1.29 is 18.9 Å². The van der Waals surface area contributed by atoms with E-state index in [-0.39, 0.29) is 18.1 Å². The highest BCUT2D eigenvalue weighted by molar-refractivity contribution is 6.30. The normalized spacial score (nSPS) is 10.4. The van der Waals surface area contributed by atoms with Gasteiger partial charge in [-0.1, -0.05) is 23.7 Å². The number of nitrogens with zero attached hydrogens (tertiary/aromatic N) is 1. The first-order chi connectivity index (χ1) is 12.0. The highest BCUT2D eigenvalue weighted by Gasteiger charge is 2.14. The van der Waals surface area contributed by atoms with E-state index < -0.39 is 10.9 Å². The van der Waals surface area contributed by atoms with Gasteiger partial charge in [0.2, 0.25) is 5.76 Å². The maximum absolute atomic E-state index is 12.0. The summed E-state index contributed by atoms with van der Waals surface area (Å²) in [6.45, 7) is 0.101. The maximum atomic E-state index is 12.0. The molecule has 0 bridgehead atoms. The Morgan fingerprint density at radius 2 is 1.72 bits per heavy atom. The number of nitro groups is 1. The number of ether oxygens (including phenoxy) is 1. The molecular weight excluding hydrogens is 346 g/mol. The van der Waals surface area contributed by atoms with Crippen LogP contribution in [0.25, 0.3) is 11.3 Å². The van der Waals surface area contributed by atoms with E-state index >= 15 is 0 Å². The van der Waals surface area contributed by atoms with Gasteiger partial charge >= 0.3 is 5.97 Å². The number of halogens is 1. The van der Waals surface area contributed by atoms with Crippen LogP contribution in [0, 0.1) is 10.1 Å². The molecule has 1 aromatic heterocycles. The Hall–Kier alpha value is -3.12. The summed E-state index contributed by atoms with van der Waals surface area (Å²) in [7, 11) is 0. The van der Waals surface area contributed by atoms with E-state index in [1.165, 1.54) is 18.2 Å². The molecule has 0 aliphatic carbocycles. The van der Waals surface area contributed by atoms with Crippen molar-refractivity contribution in [1.82, 2.24) is 0 Å². The Labute approximate surface area is 147 Å². The first-order valence-corrected chi connectivity index (χ1v) is 7.67. The topological polar surface area (TPSA) is 82.6 Å². The molecule has 0 unspecified atom stereocenters. The van der Waals surface area contributed by atoms with E-state index in [1.807, 2.05) is 0 Å². The highest BCUT2D eigenvalue weighted by Crippen LogP contribution is 2.25. The number of nitro benzene ring substituents is 1. The van der Waals surface area contributed by atoms with Crippen LogP contribution in [-0.4, -0.2) is 10.9 Å². The Kier molecular flexibility index (Phi) is 4.81. The second-order valence-electron chi connectivity index (χ2n) is 5.17. The van der Waals surface area contributed by atoms with Gasteiger partial charge in [-0.15, -0.1) is 0 Å². The molecule has 0 spiro atoms. The van der Waals surface area contributed by atoms with Crippen molar-refractivity contribution in [3.05, 3.63) is 87.1 Å². The number of benzene rings is 2. The number of carbonyl (C=O) groups is 1. The molecule has 0 N–H and O–H groups in total. The minimum absolute atomic E-state index is 0.0158. The van der Waals surface area contributed by atoms with Crippen molar-refractivity contribution in [2.45, 2.75) is 6.61 Å². The zero-order valence-corrected chi connectivity index (χ0v) is 13.6. The van der Waals surface area contributed by atoms with Crippen molar-refractivity contribution in [2.75, 3.05) is 0 Å². The number of esters is 1. The second-order valence-corrected chi connectivity index (χ2v) is 5.61. The van der Waals surface area contributed by atoms with Crippen molar-refractivity contribution in [2.24, 2.45) is 0 Å². The summed E-state index contributed by atoms with van der Waals surface area (Å²) in [5.74, 6) is -0.112. The fraction of sp³-hybridized carbons (Fsp3) is 0.0556. The number of hydrogen-bond acceptors (Lipinski definition) is 5. The van der Waals surface area contributed by atoms with Crippen molar-refractivity contribution >= 4 is 23.3 Å². The number of rotatable bonds is 5. The molecule has 0 saturated carbocycles. The van der Waals surface area contributed by atoms with Gasteiger partial charge in [-0.05, 0) is 42.0 Å². The summed E-state index contributed by atoms with van der Waals surface area (Å²) in [6.07, 6.45) is 0. The lowest BCUT2D eigenvalue weighted by atomic mass is 10.1. The lowest BCUT2D eigenvalue weighted by molar-refractivity contribution is -0.384. The van der Waals surface area contributed by atoms with Gasteiger partial charge in [0.1, 0.15) is 12.4 Å². The van der Waals surface area contributed by atoms with Crippen LogP contribution in [0.2, 0.25) is 5.02 Å². The SMILES string of the molecule is O=C(OCc1ccc(Cl)cc1)c1ccc(-c2ccc([N+](=O)[O-])cc2)o1. The zero-order chi connectivity index (χ0) is 17.8. The van der Waals surface area contributed by atoms with Crippen LogP contribution >= 0.6 is 11.6 Å². The highest BCUT2D eigenvalue weighted by atomic mass is 35.5. The van der Waals surface area contributed by atoms with Crippen molar-refractivity contribution in [3.63, 3.8) is 0 Å². The van der Waals surface area contributed by atoms with Crippen LogP contribution in [0.3, 0.4) is 0 Å². The molecule has 0 fully saturated rings. The fourth-order valence-electron chi connectivity index (χ4n) is 2.15. The molecule has 6 nitrogen and oxygen atoms in total. The summed E-state index contributed by atoms with van der Waals surface area (Å²) in [5.41, 5.74) is 1.42. The minimum atomic E-state index is -0.594. The van der Waals surface area contributed by atoms with E-state index in [2.05, 4.69) is 0 Å². The molecule has 1 heterocycles. The van der Waals surface area contributed by atoms with Crippen molar-refractivity contribution in [3.8, 4) is 11.3 Å². The maximum Gasteiger partial charge on any atom is 0.374 e. The van der Waals surface area contributed by atoms with E-state index in [9.17, 15) is 14.9 Å². The van der Waals surface area contributed by atoms with Gasteiger partial charge in [-0.3, -0.25) is 10.1 Å². The smallest absolute Gasteiger partial charge is 0.374 e. The Morgan fingerprint density at radius 1 is 1.04 bits per heavy atom. The Bertz CT molecular complexity index is 900. The molecule has 0 radical (unpaired) electrons.